The van der Waals surface area contributed by atoms with E-state index in [1.807, 2.05) is 0 Å². The van der Waals surface area contributed by atoms with Gasteiger partial charge < -0.3 is 15.1 Å². The fraction of sp³-hybridized carbons (Fsp3) is 0.800. The predicted molar refractivity (Wildman–Crippen MR) is 53.3 cm³/mol. The maximum Gasteiger partial charge on any atom is 0.312 e. The Kier molecular flexibility index (Phi) is 4.55. The molecule has 1 heterocycles. The third-order valence-electron chi connectivity index (χ3n) is 2.71. The van der Waals surface area contributed by atoms with Crippen LogP contribution in [0, 0.1) is 0 Å². The van der Waals surface area contributed by atoms with Crippen LogP contribution in [0.3, 0.4) is 0 Å². The van der Waals surface area contributed by atoms with E-state index < -0.39 is 12.4 Å². The summed E-state index contributed by atoms with van der Waals surface area (Å²) in [4.78, 5) is 23.5. The molecule has 1 rings (SSSR count). The standard InChI is InChI=1S/C10H17NO4/c12-7-8-4-2-1-3-5-11(8)9(13)6-10(14)15/h8,12H,1-7H2,(H,14,15). The molecule has 1 amide bonds. The molecule has 0 spiro atoms. The van der Waals surface area contributed by atoms with Crippen LogP contribution in [0.5, 0.6) is 0 Å². The predicted octanol–water partition coefficient (Wildman–Crippen LogP) is 0.225. The quantitative estimate of drug-likeness (QED) is 0.660. The number of amides is 1. The van der Waals surface area contributed by atoms with E-state index in [-0.39, 0.29) is 18.6 Å². The van der Waals surface area contributed by atoms with Gasteiger partial charge in [-0.2, -0.15) is 0 Å². The third-order valence-corrected chi connectivity index (χ3v) is 2.71. The van der Waals surface area contributed by atoms with E-state index in [1.165, 1.54) is 4.90 Å². The van der Waals surface area contributed by atoms with E-state index in [2.05, 4.69) is 0 Å². The summed E-state index contributed by atoms with van der Waals surface area (Å²) in [6.07, 6.45) is 3.20. The second kappa shape index (κ2) is 5.70. The van der Waals surface area contributed by atoms with E-state index >= 15 is 0 Å². The van der Waals surface area contributed by atoms with Crippen LogP contribution in [-0.2, 0) is 9.59 Å². The van der Waals surface area contributed by atoms with Crippen LogP contribution >= 0.6 is 0 Å². The first-order valence-electron chi connectivity index (χ1n) is 5.27. The first kappa shape index (κ1) is 12.0. The summed E-state index contributed by atoms with van der Waals surface area (Å²) in [5.41, 5.74) is 0. The Bertz CT molecular complexity index is 242. The molecule has 1 aliphatic heterocycles. The van der Waals surface area contributed by atoms with Gasteiger partial charge >= 0.3 is 5.97 Å². The van der Waals surface area contributed by atoms with Crippen molar-refractivity contribution in [1.29, 1.82) is 0 Å². The van der Waals surface area contributed by atoms with E-state index in [9.17, 15) is 9.59 Å². The first-order valence-corrected chi connectivity index (χ1v) is 5.27. The second-order valence-electron chi connectivity index (χ2n) is 3.84. The summed E-state index contributed by atoms with van der Waals surface area (Å²) >= 11 is 0. The molecule has 0 saturated carbocycles. The average molecular weight is 215 g/mol. The molecule has 0 bridgehead atoms. The lowest BCUT2D eigenvalue weighted by Crippen LogP contribution is -2.42. The van der Waals surface area contributed by atoms with Gasteiger partial charge in [0.25, 0.3) is 0 Å². The zero-order chi connectivity index (χ0) is 11.3. The Morgan fingerprint density at radius 2 is 2.00 bits per heavy atom. The van der Waals surface area contributed by atoms with Gasteiger partial charge in [0.2, 0.25) is 5.91 Å². The maximum atomic E-state index is 11.6. The molecule has 1 unspecified atom stereocenters. The summed E-state index contributed by atoms with van der Waals surface area (Å²) in [7, 11) is 0. The van der Waals surface area contributed by atoms with E-state index in [0.29, 0.717) is 6.54 Å². The van der Waals surface area contributed by atoms with Gasteiger partial charge in [0.05, 0.1) is 12.6 Å². The lowest BCUT2D eigenvalue weighted by atomic mass is 10.1. The number of carbonyl (C=O) groups excluding carboxylic acids is 1. The zero-order valence-electron chi connectivity index (χ0n) is 8.69. The number of aliphatic hydroxyl groups excluding tert-OH is 1. The normalized spacial score (nSPS) is 22.2. The second-order valence-corrected chi connectivity index (χ2v) is 3.84. The number of carboxylic acid groups (broad SMARTS) is 1. The van der Waals surface area contributed by atoms with Crippen molar-refractivity contribution in [2.45, 2.75) is 38.1 Å². The molecular formula is C10H17NO4. The van der Waals surface area contributed by atoms with Crippen molar-refractivity contribution in [2.75, 3.05) is 13.2 Å². The molecule has 1 aliphatic rings. The zero-order valence-corrected chi connectivity index (χ0v) is 8.69. The monoisotopic (exact) mass is 215 g/mol. The highest BCUT2D eigenvalue weighted by Gasteiger charge is 2.25. The van der Waals surface area contributed by atoms with Crippen LogP contribution in [0.15, 0.2) is 0 Å². The van der Waals surface area contributed by atoms with Crippen molar-refractivity contribution in [3.05, 3.63) is 0 Å². The maximum absolute atomic E-state index is 11.6. The van der Waals surface area contributed by atoms with Crippen molar-refractivity contribution in [2.24, 2.45) is 0 Å². The summed E-state index contributed by atoms with van der Waals surface area (Å²) in [6.45, 7) is 0.489. The topological polar surface area (TPSA) is 77.8 Å². The minimum Gasteiger partial charge on any atom is -0.481 e. The Labute approximate surface area is 88.7 Å². The van der Waals surface area contributed by atoms with Crippen LogP contribution in [0.1, 0.15) is 32.1 Å². The molecule has 0 aromatic heterocycles. The minimum absolute atomic E-state index is 0.0780. The number of aliphatic carboxylic acids is 1. The number of aliphatic hydroxyl groups is 1. The molecule has 0 aromatic rings. The molecule has 15 heavy (non-hydrogen) atoms. The Morgan fingerprint density at radius 3 is 2.60 bits per heavy atom. The first-order chi connectivity index (χ1) is 7.15. The molecule has 2 N–H and O–H groups in total. The van der Waals surface area contributed by atoms with Gasteiger partial charge in [-0.25, -0.2) is 0 Å². The van der Waals surface area contributed by atoms with Crippen molar-refractivity contribution in [3.8, 4) is 0 Å². The fourth-order valence-corrected chi connectivity index (χ4v) is 1.93. The van der Waals surface area contributed by atoms with Crippen LogP contribution in [0.2, 0.25) is 0 Å². The summed E-state index contributed by atoms with van der Waals surface area (Å²) < 4.78 is 0. The van der Waals surface area contributed by atoms with Gasteiger partial charge in [0, 0.05) is 6.54 Å². The van der Waals surface area contributed by atoms with Gasteiger partial charge in [-0.05, 0) is 12.8 Å². The number of carboxylic acids is 1. The Morgan fingerprint density at radius 1 is 1.27 bits per heavy atom. The summed E-state index contributed by atoms with van der Waals surface area (Å²) in [5, 5.41) is 17.7. The SMILES string of the molecule is O=C(O)CC(=O)N1CCCCCC1CO. The number of likely N-dealkylation sites (tertiary alicyclic amines) is 1. The van der Waals surface area contributed by atoms with Crippen LogP contribution < -0.4 is 0 Å². The van der Waals surface area contributed by atoms with Crippen molar-refractivity contribution in [1.82, 2.24) is 4.90 Å². The highest BCUT2D eigenvalue weighted by molar-refractivity contribution is 5.93. The summed E-state index contributed by atoms with van der Waals surface area (Å²) in [5.74, 6) is -1.50. The van der Waals surface area contributed by atoms with Crippen molar-refractivity contribution >= 4 is 11.9 Å². The number of hydrogen-bond acceptors (Lipinski definition) is 3. The average Bonchev–Trinajstić information content (AvgIpc) is 2.40. The van der Waals surface area contributed by atoms with Gasteiger partial charge in [0.15, 0.2) is 0 Å². The molecule has 5 heteroatoms. The van der Waals surface area contributed by atoms with Crippen LogP contribution in [0.4, 0.5) is 0 Å². The van der Waals surface area contributed by atoms with Crippen LogP contribution in [0.25, 0.3) is 0 Å². The molecule has 86 valence electrons. The van der Waals surface area contributed by atoms with E-state index in [4.69, 9.17) is 10.2 Å². The summed E-state index contributed by atoms with van der Waals surface area (Å²) in [6, 6.07) is -0.195. The van der Waals surface area contributed by atoms with Gasteiger partial charge in [-0.15, -0.1) is 0 Å². The lowest BCUT2D eigenvalue weighted by Gasteiger charge is -2.28. The molecule has 1 atom stereocenters. The van der Waals surface area contributed by atoms with Gasteiger partial charge in [-0.3, -0.25) is 9.59 Å². The molecule has 5 nitrogen and oxygen atoms in total. The molecule has 1 saturated heterocycles. The van der Waals surface area contributed by atoms with E-state index in [0.717, 1.165) is 25.7 Å². The molecular weight excluding hydrogens is 198 g/mol. The Hall–Kier alpha value is -1.10. The molecule has 0 aliphatic carbocycles. The molecule has 1 fully saturated rings. The smallest absolute Gasteiger partial charge is 0.312 e. The van der Waals surface area contributed by atoms with E-state index in [1.54, 1.807) is 0 Å². The number of nitrogens with zero attached hydrogens (tertiary/aromatic N) is 1. The van der Waals surface area contributed by atoms with Crippen LogP contribution in [-0.4, -0.2) is 46.2 Å². The number of hydrogen-bond donors (Lipinski definition) is 2. The highest BCUT2D eigenvalue weighted by Crippen LogP contribution is 2.17. The van der Waals surface area contributed by atoms with Crippen molar-refractivity contribution < 1.29 is 19.8 Å². The minimum atomic E-state index is -1.11. The van der Waals surface area contributed by atoms with Gasteiger partial charge in [0.1, 0.15) is 6.42 Å². The molecule has 0 aromatic carbocycles. The highest BCUT2D eigenvalue weighted by atomic mass is 16.4. The third kappa shape index (κ3) is 3.51. The molecule has 0 radical (unpaired) electrons. The number of rotatable bonds is 3. The Balaban J connectivity index is 2.61. The van der Waals surface area contributed by atoms with Crippen molar-refractivity contribution in [3.63, 3.8) is 0 Å². The fourth-order valence-electron chi connectivity index (χ4n) is 1.93. The van der Waals surface area contributed by atoms with Gasteiger partial charge in [-0.1, -0.05) is 12.8 Å². The largest absolute Gasteiger partial charge is 0.481 e. The number of carbonyl (C=O) groups is 2. The lowest BCUT2D eigenvalue weighted by molar-refractivity contribution is -0.145.